The van der Waals surface area contributed by atoms with Crippen LogP contribution in [-0.4, -0.2) is 96.7 Å². The predicted molar refractivity (Wildman–Crippen MR) is 386 cm³/mol. The number of esters is 4. The number of phosphoric acid groups is 2. The van der Waals surface area contributed by atoms with E-state index in [0.29, 0.717) is 25.7 Å². The Balaban J connectivity index is 5.27. The standard InChI is InChI=1S/C76H148O17P2/c1-8-11-12-13-14-15-16-17-18-19-20-21-24-28-38-45-52-59-75(80)92-71(63-86-73(78)57-50-43-36-27-25-22-23-26-33-40-47-54-67(4)5)65-90-94(82,83)88-61-70(77)62-89-95(84,85)91-66-72(93-76(81)60-53-46-39-32-30-35-42-49-56-69(7)10-3)64-87-74(79)58-51-44-37-31-29-34-41-48-55-68(6)9-2/h67-72,77H,8-66H2,1-7H3,(H,82,83)(H,84,85)/t68?,69?,70-,71-,72-/m1/s1. The first-order valence-corrected chi connectivity index (χ1v) is 42.4. The fourth-order valence-electron chi connectivity index (χ4n) is 11.5. The number of carbonyl (C=O) groups excluding carboxylic acids is 4. The van der Waals surface area contributed by atoms with Gasteiger partial charge in [0.2, 0.25) is 0 Å². The number of hydrogen-bond acceptors (Lipinski definition) is 15. The number of aliphatic hydroxyl groups is 1. The van der Waals surface area contributed by atoms with E-state index in [9.17, 15) is 43.2 Å². The molecule has 17 nitrogen and oxygen atoms in total. The van der Waals surface area contributed by atoms with E-state index in [1.54, 1.807) is 0 Å². The van der Waals surface area contributed by atoms with Gasteiger partial charge in [0.05, 0.1) is 26.4 Å². The lowest BCUT2D eigenvalue weighted by Gasteiger charge is -2.21. The number of hydrogen-bond donors (Lipinski definition) is 3. The zero-order valence-corrected chi connectivity index (χ0v) is 63.9. The van der Waals surface area contributed by atoms with Crippen LogP contribution in [0.15, 0.2) is 0 Å². The molecule has 0 saturated carbocycles. The lowest BCUT2D eigenvalue weighted by atomic mass is 9.99. The van der Waals surface area contributed by atoms with Gasteiger partial charge in [-0.25, -0.2) is 9.13 Å². The molecule has 0 aromatic rings. The molecule has 0 bridgehead atoms. The topological polar surface area (TPSA) is 237 Å². The zero-order chi connectivity index (χ0) is 70.1. The highest BCUT2D eigenvalue weighted by Crippen LogP contribution is 2.45. The molecule has 0 aliphatic carbocycles. The van der Waals surface area contributed by atoms with Crippen molar-refractivity contribution in [3.8, 4) is 0 Å². The van der Waals surface area contributed by atoms with Crippen LogP contribution >= 0.6 is 15.6 Å². The Hall–Kier alpha value is -1.94. The van der Waals surface area contributed by atoms with Gasteiger partial charge < -0.3 is 33.8 Å². The van der Waals surface area contributed by atoms with E-state index in [1.165, 1.54) is 199 Å². The Morgan fingerprint density at radius 1 is 0.305 bits per heavy atom. The summed E-state index contributed by atoms with van der Waals surface area (Å²) in [5.74, 6) is 0.200. The lowest BCUT2D eigenvalue weighted by Crippen LogP contribution is -2.30. The SMILES string of the molecule is CCCCCCCCCCCCCCCCCCCC(=O)O[C@H](COC(=O)CCCCCCCCCCCCCC(C)C)COP(=O)(O)OC[C@@H](O)COP(=O)(O)OC[C@@H](COC(=O)CCCCCCCCCCC(C)CC)OC(=O)CCCCCCCCCCC(C)CC. The summed E-state index contributed by atoms with van der Waals surface area (Å²) in [6, 6.07) is 0. The van der Waals surface area contributed by atoms with Gasteiger partial charge in [0.1, 0.15) is 19.3 Å². The molecule has 0 fully saturated rings. The van der Waals surface area contributed by atoms with Gasteiger partial charge in [-0.3, -0.25) is 37.3 Å². The van der Waals surface area contributed by atoms with Gasteiger partial charge >= 0.3 is 39.5 Å². The number of rotatable bonds is 74. The summed E-state index contributed by atoms with van der Waals surface area (Å²) >= 11 is 0. The number of unbranched alkanes of at least 4 members (excludes halogenated alkanes) is 40. The highest BCUT2D eigenvalue weighted by Gasteiger charge is 2.30. The van der Waals surface area contributed by atoms with Gasteiger partial charge in [0, 0.05) is 25.7 Å². The Kier molecular flexibility index (Phi) is 65.2. The summed E-state index contributed by atoms with van der Waals surface area (Å²) in [5.41, 5.74) is 0. The van der Waals surface area contributed by atoms with Crippen LogP contribution in [0, 0.1) is 17.8 Å². The molecule has 7 atom stereocenters. The minimum absolute atomic E-state index is 0.104. The first-order valence-electron chi connectivity index (χ1n) is 39.4. The van der Waals surface area contributed by atoms with E-state index in [2.05, 4.69) is 48.5 Å². The van der Waals surface area contributed by atoms with Gasteiger partial charge in [-0.05, 0) is 43.4 Å². The van der Waals surface area contributed by atoms with Crippen LogP contribution in [-0.2, 0) is 65.4 Å². The Bertz CT molecular complexity index is 1860. The van der Waals surface area contributed by atoms with Crippen molar-refractivity contribution >= 4 is 39.5 Å². The first-order chi connectivity index (χ1) is 45.8. The molecule has 0 aromatic carbocycles. The van der Waals surface area contributed by atoms with Crippen LogP contribution in [0.2, 0.25) is 0 Å². The molecule has 0 saturated heterocycles. The van der Waals surface area contributed by atoms with E-state index in [1.807, 2.05) is 0 Å². The lowest BCUT2D eigenvalue weighted by molar-refractivity contribution is -0.161. The van der Waals surface area contributed by atoms with Gasteiger partial charge in [-0.2, -0.15) is 0 Å². The number of phosphoric ester groups is 2. The highest BCUT2D eigenvalue weighted by atomic mass is 31.2. The van der Waals surface area contributed by atoms with Gasteiger partial charge in [-0.1, -0.05) is 337 Å². The Morgan fingerprint density at radius 3 is 0.800 bits per heavy atom. The summed E-state index contributed by atoms with van der Waals surface area (Å²) in [6.45, 7) is 11.9. The van der Waals surface area contributed by atoms with Crippen molar-refractivity contribution in [1.82, 2.24) is 0 Å². The van der Waals surface area contributed by atoms with Crippen molar-refractivity contribution in [2.45, 2.75) is 407 Å². The van der Waals surface area contributed by atoms with Crippen LogP contribution in [0.25, 0.3) is 0 Å². The molecule has 0 aliphatic rings. The summed E-state index contributed by atoms with van der Waals surface area (Å²) in [5, 5.41) is 10.6. The van der Waals surface area contributed by atoms with E-state index >= 15 is 0 Å². The molecule has 4 unspecified atom stereocenters. The van der Waals surface area contributed by atoms with Gasteiger partial charge in [0.25, 0.3) is 0 Å². The quantitative estimate of drug-likeness (QED) is 0.0222. The molecule has 3 N–H and O–H groups in total. The average molecular weight is 1400 g/mol. The van der Waals surface area contributed by atoms with E-state index in [-0.39, 0.29) is 25.7 Å². The van der Waals surface area contributed by atoms with Crippen molar-refractivity contribution in [1.29, 1.82) is 0 Å². The third kappa shape index (κ3) is 67.6. The molecule has 95 heavy (non-hydrogen) atoms. The highest BCUT2D eigenvalue weighted by molar-refractivity contribution is 7.47. The fraction of sp³-hybridized carbons (Fsp3) is 0.947. The smallest absolute Gasteiger partial charge is 0.462 e. The maximum atomic E-state index is 13.1. The average Bonchev–Trinajstić information content (AvgIpc) is 2.00. The molecular formula is C76H148O17P2. The molecule has 564 valence electrons. The van der Waals surface area contributed by atoms with Crippen LogP contribution in [0.1, 0.15) is 389 Å². The van der Waals surface area contributed by atoms with Crippen LogP contribution in [0.4, 0.5) is 0 Å². The van der Waals surface area contributed by atoms with Gasteiger partial charge in [0.15, 0.2) is 12.2 Å². The Labute approximate surface area is 581 Å². The van der Waals surface area contributed by atoms with Crippen molar-refractivity contribution in [2.24, 2.45) is 17.8 Å². The zero-order valence-electron chi connectivity index (χ0n) is 62.1. The minimum atomic E-state index is -4.96. The molecular weight excluding hydrogens is 1250 g/mol. The summed E-state index contributed by atoms with van der Waals surface area (Å²) in [7, 11) is -9.91. The predicted octanol–water partition coefficient (Wildman–Crippen LogP) is 22.2. The second kappa shape index (κ2) is 66.6. The first kappa shape index (κ1) is 93.1. The molecule has 0 aromatic heterocycles. The monoisotopic (exact) mass is 1400 g/mol. The number of carbonyl (C=O) groups is 4. The third-order valence-electron chi connectivity index (χ3n) is 18.4. The van der Waals surface area contributed by atoms with Crippen molar-refractivity contribution in [2.75, 3.05) is 39.6 Å². The maximum Gasteiger partial charge on any atom is 0.472 e. The maximum absolute atomic E-state index is 13.1. The van der Waals surface area contributed by atoms with Crippen molar-refractivity contribution in [3.05, 3.63) is 0 Å². The van der Waals surface area contributed by atoms with E-state index in [4.69, 9.17) is 37.0 Å². The second-order valence-electron chi connectivity index (χ2n) is 28.4. The Morgan fingerprint density at radius 2 is 0.537 bits per heavy atom. The van der Waals surface area contributed by atoms with Crippen molar-refractivity contribution in [3.63, 3.8) is 0 Å². The van der Waals surface area contributed by atoms with Crippen LogP contribution < -0.4 is 0 Å². The molecule has 0 amide bonds. The van der Waals surface area contributed by atoms with Crippen molar-refractivity contribution < 1.29 is 80.2 Å². The molecule has 0 rings (SSSR count). The van der Waals surface area contributed by atoms with Gasteiger partial charge in [-0.15, -0.1) is 0 Å². The third-order valence-corrected chi connectivity index (χ3v) is 20.3. The summed E-state index contributed by atoms with van der Waals surface area (Å²) in [6.07, 6.45) is 52.6. The molecule has 19 heteroatoms. The van der Waals surface area contributed by atoms with Crippen LogP contribution in [0.5, 0.6) is 0 Å². The minimum Gasteiger partial charge on any atom is -0.462 e. The summed E-state index contributed by atoms with van der Waals surface area (Å²) in [4.78, 5) is 72.8. The number of ether oxygens (including phenoxy) is 4. The molecule has 0 radical (unpaired) electrons. The number of aliphatic hydroxyl groups excluding tert-OH is 1. The summed E-state index contributed by atoms with van der Waals surface area (Å²) < 4.78 is 68.6. The van der Waals surface area contributed by atoms with Crippen LogP contribution in [0.3, 0.4) is 0 Å². The van der Waals surface area contributed by atoms with E-state index in [0.717, 1.165) is 108 Å². The molecule has 0 spiro atoms. The largest absolute Gasteiger partial charge is 0.472 e. The molecule has 0 aliphatic heterocycles. The second-order valence-corrected chi connectivity index (χ2v) is 31.3. The fourth-order valence-corrected chi connectivity index (χ4v) is 13.1. The van der Waals surface area contributed by atoms with E-state index < -0.39 is 97.5 Å². The normalized spacial score (nSPS) is 14.6. The molecule has 0 heterocycles.